The highest BCUT2D eigenvalue weighted by molar-refractivity contribution is 5.99. The van der Waals surface area contributed by atoms with Crippen LogP contribution >= 0.6 is 0 Å². The Morgan fingerprint density at radius 2 is 1.20 bits per heavy atom. The van der Waals surface area contributed by atoms with Crippen molar-refractivity contribution in [2.24, 2.45) is 39.9 Å². The van der Waals surface area contributed by atoms with Gasteiger partial charge < -0.3 is 89.6 Å². The van der Waals surface area contributed by atoms with Crippen molar-refractivity contribution in [3.05, 3.63) is 12.2 Å². The highest BCUT2D eigenvalue weighted by Gasteiger charge is 2.42. The van der Waals surface area contributed by atoms with Gasteiger partial charge in [0, 0.05) is 13.0 Å². The van der Waals surface area contributed by atoms with Crippen molar-refractivity contribution in [3.8, 4) is 0 Å². The van der Waals surface area contributed by atoms with Crippen molar-refractivity contribution in [2.75, 3.05) is 20.1 Å². The van der Waals surface area contributed by atoms with Crippen molar-refractivity contribution < 1.29 is 77.3 Å². The van der Waals surface area contributed by atoms with Crippen LogP contribution in [0.3, 0.4) is 0 Å². The molecule has 0 fully saturated rings. The van der Waals surface area contributed by atoms with Gasteiger partial charge in [-0.2, -0.15) is 0 Å². The number of aldehydes is 3. The van der Waals surface area contributed by atoms with Crippen LogP contribution in [0.5, 0.6) is 0 Å². The lowest BCUT2D eigenvalue weighted by atomic mass is 9.91. The second-order valence-electron chi connectivity index (χ2n) is 22.9. The number of carbonyl (C=O) groups is 14. The molecule has 0 aromatic heterocycles. The van der Waals surface area contributed by atoms with E-state index >= 15 is 0 Å². The molecule has 1 aliphatic rings. The minimum Gasteiger partial charge on any atom is -0.481 e. The molecular formula is C55H94N16O16. The topological polar surface area (TPSA) is 514 Å². The minimum absolute atomic E-state index is 0.0622. The number of allylic oxidation sites excluding steroid dienone is 2. The molecule has 0 spiro atoms. The number of aliphatic carboxylic acids is 2. The Labute approximate surface area is 506 Å². The van der Waals surface area contributed by atoms with Crippen molar-refractivity contribution in [3.63, 3.8) is 0 Å². The van der Waals surface area contributed by atoms with Crippen LogP contribution in [0.1, 0.15) is 139 Å². The summed E-state index contributed by atoms with van der Waals surface area (Å²) in [6, 6.07) is -8.20. The first-order valence-electron chi connectivity index (χ1n) is 28.9. The van der Waals surface area contributed by atoms with Crippen LogP contribution in [0, 0.1) is 17.8 Å². The quantitative estimate of drug-likeness (QED) is 0.00973. The zero-order valence-electron chi connectivity index (χ0n) is 51.2. The number of likely N-dealkylation sites (N-methyl/N-ethyl adjacent to an activating group) is 1. The van der Waals surface area contributed by atoms with Gasteiger partial charge in [-0.3, -0.25) is 73.7 Å². The summed E-state index contributed by atoms with van der Waals surface area (Å²) in [7, 11) is 1.53. The van der Waals surface area contributed by atoms with Gasteiger partial charge in [0.2, 0.25) is 35.4 Å². The van der Waals surface area contributed by atoms with Gasteiger partial charge >= 0.3 is 11.9 Å². The van der Waals surface area contributed by atoms with Crippen LogP contribution in [0.4, 0.5) is 0 Å². The second kappa shape index (κ2) is 38.9. The number of guanidine groups is 1. The molecule has 0 saturated heterocycles. The van der Waals surface area contributed by atoms with E-state index in [0.29, 0.717) is 31.7 Å². The smallest absolute Gasteiger partial charge is 0.305 e. The van der Waals surface area contributed by atoms with Gasteiger partial charge in [0.15, 0.2) is 24.5 Å². The summed E-state index contributed by atoms with van der Waals surface area (Å²) >= 11 is 0. The van der Waals surface area contributed by atoms with E-state index < -0.39 is 163 Å². The molecule has 0 aromatic carbocycles. The lowest BCUT2D eigenvalue weighted by Gasteiger charge is -2.35. The Morgan fingerprint density at radius 1 is 0.678 bits per heavy atom. The van der Waals surface area contributed by atoms with E-state index in [-0.39, 0.29) is 75.7 Å². The Kier molecular flexibility index (Phi) is 34.5. The fourth-order valence-corrected chi connectivity index (χ4v) is 8.86. The molecular weight excluding hydrogens is 1140 g/mol. The molecule has 0 bridgehead atoms. The molecule has 2 unspecified atom stereocenters. The van der Waals surface area contributed by atoms with E-state index in [1.165, 1.54) is 27.8 Å². The van der Waals surface area contributed by atoms with Crippen LogP contribution in [0.2, 0.25) is 0 Å². The fourth-order valence-electron chi connectivity index (χ4n) is 8.86. The van der Waals surface area contributed by atoms with Gasteiger partial charge in [0.25, 0.3) is 17.7 Å². The average molecular weight is 1240 g/mol. The Hall–Kier alpha value is -7.97. The summed E-state index contributed by atoms with van der Waals surface area (Å²) in [5, 5.41) is 49.8. The zero-order chi connectivity index (χ0) is 66.2. The molecule has 20 N–H and O–H groups in total. The summed E-state index contributed by atoms with van der Waals surface area (Å²) in [4.78, 5) is 190. The van der Waals surface area contributed by atoms with Crippen molar-refractivity contribution >= 4 is 89.9 Å². The predicted molar refractivity (Wildman–Crippen MR) is 316 cm³/mol. The van der Waals surface area contributed by atoms with Gasteiger partial charge in [-0.15, -0.1) is 0 Å². The minimum atomic E-state index is -2.06. The number of nitrogens with one attached hydrogen (secondary N) is 12. The maximum absolute atomic E-state index is 14.9. The monoisotopic (exact) mass is 1230 g/mol. The third-order valence-electron chi connectivity index (χ3n) is 13.9. The Morgan fingerprint density at radius 3 is 1.67 bits per heavy atom. The lowest BCUT2D eigenvalue weighted by molar-refractivity contribution is -0.140. The summed E-state index contributed by atoms with van der Waals surface area (Å²) in [6.45, 7) is 12.3. The van der Waals surface area contributed by atoms with E-state index in [1.54, 1.807) is 40.7 Å². The number of carbonyl (C=O) groups excluding carboxylic acids is 12. The predicted octanol–water partition coefficient (Wildman–Crippen LogP) is -4.25. The molecule has 11 atom stereocenters. The first-order chi connectivity index (χ1) is 40.7. The zero-order valence-corrected chi connectivity index (χ0v) is 51.2. The first kappa shape index (κ1) is 77.0. The molecule has 0 aliphatic carbocycles. The molecule has 32 nitrogen and oxygen atoms in total. The first-order valence-corrected chi connectivity index (χ1v) is 28.9. The van der Waals surface area contributed by atoms with Crippen molar-refractivity contribution in [1.29, 1.82) is 0 Å². The van der Waals surface area contributed by atoms with Gasteiger partial charge in [-0.1, -0.05) is 53.7 Å². The Balaban J connectivity index is 4.08. The summed E-state index contributed by atoms with van der Waals surface area (Å²) in [6.07, 6.45) is -0.882. The van der Waals surface area contributed by atoms with E-state index in [9.17, 15) is 72.2 Å². The molecule has 87 heavy (non-hydrogen) atoms. The molecule has 0 radical (unpaired) electrons. The van der Waals surface area contributed by atoms with Crippen LogP contribution < -0.4 is 81.0 Å². The van der Waals surface area contributed by atoms with Crippen molar-refractivity contribution in [2.45, 2.75) is 205 Å². The second-order valence-corrected chi connectivity index (χ2v) is 22.9. The third-order valence-corrected chi connectivity index (χ3v) is 13.9. The van der Waals surface area contributed by atoms with Crippen LogP contribution in [0.15, 0.2) is 17.1 Å². The van der Waals surface area contributed by atoms with E-state index in [2.05, 4.69) is 68.8 Å². The summed E-state index contributed by atoms with van der Waals surface area (Å²) in [5.74, 6) is -13.5. The summed E-state index contributed by atoms with van der Waals surface area (Å²) < 4.78 is 0. The molecule has 0 saturated carbocycles. The van der Waals surface area contributed by atoms with Gasteiger partial charge in [-0.25, -0.2) is 0 Å². The van der Waals surface area contributed by atoms with Gasteiger partial charge in [0.05, 0.1) is 36.6 Å². The number of nitrogens with zero attached hydrogens (tertiary/aromatic N) is 1. The molecule has 9 amide bonds. The SMILES string of the molecule is CN[C@]1(C)CCCC=CCCC[C@@](C)(C(=O)N[C@@H](CCC(=O)O)C(=O)NC(C(=O)NCC(=O)NC(CC(=O)O)C(N)=O)C(C)C)NC(=O)[C@H](N[C@H](C=O)CC(C)C)NC(=O)[C@H](N[C@H](C=O)CC(C)C)NC(=O)[C@H](N[C@H](C=O)CCCN=C(N)N)NC1=O. The van der Waals surface area contributed by atoms with Gasteiger partial charge in [0.1, 0.15) is 42.5 Å². The molecule has 490 valence electrons. The number of amides is 9. The third kappa shape index (κ3) is 29.3. The standard InChI is InChI=1S/C55H94N16O16/c1-30(2)23-34(28-73)63-43-48(83)69-45(64-35(29-74)24-31(3)4)50(85)71-55(8,21-15-13-11-10-12-14-20-54(7,59-9)51(86)70-44(49(84)68-43)62-33(27-72)17-16-22-60-53(57)58)52(87)66-36(18-19-39(76)77)46(81)67-41(32(5)6)47(82)61-26-38(75)65-37(42(56)80)25-40(78)79/h10-11,27-37,41,43-45,59,62-64H,12-26H2,1-9H3,(H2,56,80)(H,61,82)(H,65,75)(H,66,87)(H,67,81)(H,68,84)(H,69,83)(H,70,86)(H,71,85)(H,76,77)(H,78,79)(H4,57,58,60)/t33-,34-,35-,36-,37?,41?,43+,44+,45+,54+,55-/m0/s1. The summed E-state index contributed by atoms with van der Waals surface area (Å²) in [5.41, 5.74) is 12.7. The number of rotatable bonds is 33. The highest BCUT2D eigenvalue weighted by atomic mass is 16.4. The fraction of sp³-hybridized carbons (Fsp3) is 0.691. The number of hydrogen-bond donors (Lipinski definition) is 17. The average Bonchev–Trinajstić information content (AvgIpc) is 2.06. The number of nitrogens with two attached hydrogens (primary N) is 3. The lowest BCUT2D eigenvalue weighted by Crippen LogP contribution is -2.69. The molecule has 32 heteroatoms. The van der Waals surface area contributed by atoms with E-state index in [4.69, 9.17) is 22.3 Å². The highest BCUT2D eigenvalue weighted by Crippen LogP contribution is 2.19. The van der Waals surface area contributed by atoms with Crippen LogP contribution in [0.25, 0.3) is 0 Å². The van der Waals surface area contributed by atoms with Gasteiger partial charge in [-0.05, 0) is 109 Å². The maximum atomic E-state index is 14.9. The molecule has 1 aliphatic heterocycles. The number of primary amides is 1. The normalized spacial score (nSPS) is 22.1. The number of carboxylic acids is 2. The molecule has 1 rings (SSSR count). The van der Waals surface area contributed by atoms with Crippen LogP contribution in [-0.4, -0.2) is 186 Å². The van der Waals surface area contributed by atoms with E-state index in [1.807, 2.05) is 6.08 Å². The number of carboxylic acid groups (broad SMARTS) is 2. The largest absolute Gasteiger partial charge is 0.481 e. The maximum Gasteiger partial charge on any atom is 0.305 e. The molecule has 1 heterocycles. The number of aliphatic imine (C=N–C) groups is 1. The molecule has 0 aromatic rings. The van der Waals surface area contributed by atoms with Crippen LogP contribution in [-0.2, 0) is 67.1 Å². The number of hydrogen-bond acceptors (Lipinski definition) is 19. The van der Waals surface area contributed by atoms with Crippen molar-refractivity contribution in [1.82, 2.24) is 63.8 Å². The Bertz CT molecular complexity index is 2440. The van der Waals surface area contributed by atoms with E-state index in [0.717, 1.165) is 0 Å².